The molecule has 0 N–H and O–H groups in total. The Morgan fingerprint density at radius 2 is 2.06 bits per heavy atom. The fourth-order valence-corrected chi connectivity index (χ4v) is 2.55. The van der Waals surface area contributed by atoms with Crippen molar-refractivity contribution in [2.24, 2.45) is 5.92 Å². The topological polar surface area (TPSA) is 9.23 Å². The second-order valence-electron chi connectivity index (χ2n) is 5.42. The first-order chi connectivity index (χ1) is 8.22. The van der Waals surface area contributed by atoms with Gasteiger partial charge in [0, 0.05) is 0 Å². The van der Waals surface area contributed by atoms with Gasteiger partial charge in [-0.3, -0.25) is 0 Å². The van der Waals surface area contributed by atoms with Gasteiger partial charge in [-0.2, -0.15) is 0 Å². The van der Waals surface area contributed by atoms with Gasteiger partial charge >= 0.3 is 0 Å². The molecule has 1 saturated carbocycles. The summed E-state index contributed by atoms with van der Waals surface area (Å²) in [6.07, 6.45) is 5.42. The minimum absolute atomic E-state index is 0.540. The Morgan fingerprint density at radius 3 is 2.59 bits per heavy atom. The molecule has 0 bridgehead atoms. The van der Waals surface area contributed by atoms with Crippen LogP contribution in [0.5, 0.6) is 5.75 Å². The van der Waals surface area contributed by atoms with Gasteiger partial charge in [-0.15, -0.1) is 0 Å². The second-order valence-corrected chi connectivity index (χ2v) is 5.42. The predicted molar refractivity (Wildman–Crippen MR) is 72.7 cm³/mol. The third kappa shape index (κ3) is 2.83. The summed E-state index contributed by atoms with van der Waals surface area (Å²) in [5.41, 5.74) is 2.78. The fourth-order valence-electron chi connectivity index (χ4n) is 2.55. The van der Waals surface area contributed by atoms with Crippen molar-refractivity contribution < 1.29 is 4.74 Å². The summed E-state index contributed by atoms with van der Waals surface area (Å²) in [5, 5.41) is 0. The monoisotopic (exact) mass is 232 g/mol. The third-order valence-corrected chi connectivity index (χ3v) is 3.77. The maximum Gasteiger partial charge on any atom is 0.125 e. The molecule has 1 nitrogen and oxygen atoms in total. The van der Waals surface area contributed by atoms with Gasteiger partial charge in [-0.05, 0) is 36.3 Å². The largest absolute Gasteiger partial charge is 0.493 e. The van der Waals surface area contributed by atoms with Crippen molar-refractivity contribution in [3.63, 3.8) is 0 Å². The summed E-state index contributed by atoms with van der Waals surface area (Å²) in [6, 6.07) is 6.64. The van der Waals surface area contributed by atoms with Crippen molar-refractivity contribution >= 4 is 0 Å². The van der Waals surface area contributed by atoms with Gasteiger partial charge in [0.25, 0.3) is 0 Å². The fraction of sp³-hybridized carbons (Fsp3) is 0.625. The average Bonchev–Trinajstić information content (AvgIpc) is 2.25. The molecule has 0 radical (unpaired) electrons. The van der Waals surface area contributed by atoms with Gasteiger partial charge in [0.15, 0.2) is 0 Å². The van der Waals surface area contributed by atoms with E-state index >= 15 is 0 Å². The van der Waals surface area contributed by atoms with Crippen LogP contribution < -0.4 is 4.74 Å². The lowest BCUT2D eigenvalue weighted by Crippen LogP contribution is -2.15. The minimum Gasteiger partial charge on any atom is -0.493 e. The van der Waals surface area contributed by atoms with E-state index in [2.05, 4.69) is 39.0 Å². The van der Waals surface area contributed by atoms with Crippen LogP contribution in [0.1, 0.15) is 57.1 Å². The molecule has 1 aromatic carbocycles. The lowest BCUT2D eigenvalue weighted by atomic mass is 9.80. The molecule has 0 aliphatic heterocycles. The van der Waals surface area contributed by atoms with Gasteiger partial charge in [0.1, 0.15) is 5.75 Å². The average molecular weight is 232 g/mol. The van der Waals surface area contributed by atoms with Crippen LogP contribution in [0, 0.1) is 5.92 Å². The Balaban J connectivity index is 2.24. The lowest BCUT2D eigenvalue weighted by Gasteiger charge is -2.27. The minimum atomic E-state index is 0.540. The van der Waals surface area contributed by atoms with Crippen LogP contribution >= 0.6 is 0 Å². The molecule has 0 spiro atoms. The SMILES string of the molecule is CCOc1c(CC2CCC2)cccc1C(C)C. The van der Waals surface area contributed by atoms with E-state index in [-0.39, 0.29) is 0 Å². The van der Waals surface area contributed by atoms with E-state index in [0.29, 0.717) is 5.92 Å². The molecule has 0 saturated heterocycles. The Hall–Kier alpha value is -0.980. The van der Waals surface area contributed by atoms with Crippen LogP contribution in [0.25, 0.3) is 0 Å². The summed E-state index contributed by atoms with van der Waals surface area (Å²) >= 11 is 0. The van der Waals surface area contributed by atoms with Crippen LogP contribution in [0.4, 0.5) is 0 Å². The van der Waals surface area contributed by atoms with Crippen molar-refractivity contribution in [3.8, 4) is 5.75 Å². The van der Waals surface area contributed by atoms with E-state index in [1.54, 1.807) is 0 Å². The molecule has 1 aromatic rings. The molecule has 0 heterocycles. The van der Waals surface area contributed by atoms with Crippen molar-refractivity contribution in [2.75, 3.05) is 6.61 Å². The van der Waals surface area contributed by atoms with Crippen molar-refractivity contribution in [3.05, 3.63) is 29.3 Å². The van der Waals surface area contributed by atoms with Crippen LogP contribution in [0.15, 0.2) is 18.2 Å². The van der Waals surface area contributed by atoms with Gasteiger partial charge in [0.05, 0.1) is 6.61 Å². The van der Waals surface area contributed by atoms with E-state index in [4.69, 9.17) is 4.74 Å². The molecule has 0 aromatic heterocycles. The summed E-state index contributed by atoms with van der Waals surface area (Å²) in [7, 11) is 0. The van der Waals surface area contributed by atoms with Crippen molar-refractivity contribution in [1.82, 2.24) is 0 Å². The van der Waals surface area contributed by atoms with Crippen molar-refractivity contribution in [1.29, 1.82) is 0 Å². The molecular formula is C16H24O. The smallest absolute Gasteiger partial charge is 0.125 e. The quantitative estimate of drug-likeness (QED) is 0.723. The molecule has 17 heavy (non-hydrogen) atoms. The zero-order chi connectivity index (χ0) is 12.3. The van der Waals surface area contributed by atoms with E-state index in [9.17, 15) is 0 Å². The number of benzene rings is 1. The number of hydrogen-bond acceptors (Lipinski definition) is 1. The first kappa shape index (κ1) is 12.5. The summed E-state index contributed by atoms with van der Waals surface area (Å²) in [5.74, 6) is 2.60. The molecule has 0 amide bonds. The van der Waals surface area contributed by atoms with Gasteiger partial charge in [0.2, 0.25) is 0 Å². The molecule has 1 aliphatic rings. The van der Waals surface area contributed by atoms with E-state index in [1.165, 1.54) is 36.8 Å². The Morgan fingerprint density at radius 1 is 1.29 bits per heavy atom. The van der Waals surface area contributed by atoms with Gasteiger partial charge in [-0.25, -0.2) is 0 Å². The molecule has 2 rings (SSSR count). The van der Waals surface area contributed by atoms with E-state index in [0.717, 1.165) is 18.3 Å². The zero-order valence-corrected chi connectivity index (χ0v) is 11.3. The maximum absolute atomic E-state index is 5.90. The number of para-hydroxylation sites is 1. The van der Waals surface area contributed by atoms with Crippen LogP contribution in [-0.2, 0) is 6.42 Å². The molecule has 1 fully saturated rings. The number of hydrogen-bond donors (Lipinski definition) is 0. The Labute approximate surface area is 105 Å². The highest BCUT2D eigenvalue weighted by atomic mass is 16.5. The lowest BCUT2D eigenvalue weighted by molar-refractivity contribution is 0.298. The first-order valence-electron chi connectivity index (χ1n) is 6.97. The van der Waals surface area contributed by atoms with Crippen molar-refractivity contribution in [2.45, 2.75) is 52.4 Å². The highest BCUT2D eigenvalue weighted by Gasteiger charge is 2.21. The Kier molecular flexibility index (Phi) is 4.09. The highest BCUT2D eigenvalue weighted by Crippen LogP contribution is 2.36. The van der Waals surface area contributed by atoms with Crippen LogP contribution in [0.2, 0.25) is 0 Å². The molecular weight excluding hydrogens is 208 g/mol. The summed E-state index contributed by atoms with van der Waals surface area (Å²) < 4.78 is 5.90. The Bertz CT molecular complexity index is 364. The number of ether oxygens (including phenoxy) is 1. The predicted octanol–water partition coefficient (Wildman–Crippen LogP) is 4.55. The summed E-state index contributed by atoms with van der Waals surface area (Å²) in [6.45, 7) is 7.32. The van der Waals surface area contributed by atoms with E-state index in [1.807, 2.05) is 0 Å². The highest BCUT2D eigenvalue weighted by molar-refractivity contribution is 5.43. The third-order valence-electron chi connectivity index (χ3n) is 3.77. The van der Waals surface area contributed by atoms with Crippen LogP contribution in [0.3, 0.4) is 0 Å². The van der Waals surface area contributed by atoms with Gasteiger partial charge in [-0.1, -0.05) is 51.3 Å². The molecule has 94 valence electrons. The number of rotatable bonds is 5. The van der Waals surface area contributed by atoms with Crippen LogP contribution in [-0.4, -0.2) is 6.61 Å². The second kappa shape index (κ2) is 5.57. The zero-order valence-electron chi connectivity index (χ0n) is 11.3. The van der Waals surface area contributed by atoms with E-state index < -0.39 is 0 Å². The standard InChI is InChI=1S/C16H24O/c1-4-17-16-14(11-13-7-5-8-13)9-6-10-15(16)12(2)3/h6,9-10,12-13H,4-5,7-8,11H2,1-3H3. The molecule has 0 atom stereocenters. The maximum atomic E-state index is 5.90. The molecule has 1 heteroatoms. The molecule has 0 unspecified atom stereocenters. The summed E-state index contributed by atoms with van der Waals surface area (Å²) in [4.78, 5) is 0. The molecule has 1 aliphatic carbocycles. The van der Waals surface area contributed by atoms with Gasteiger partial charge < -0.3 is 4.74 Å². The normalized spacial score (nSPS) is 16.0. The first-order valence-corrected chi connectivity index (χ1v) is 6.97.